The summed E-state index contributed by atoms with van der Waals surface area (Å²) in [4.78, 5) is 31.8. The third-order valence-electron chi connectivity index (χ3n) is 3.04. The van der Waals surface area contributed by atoms with Crippen LogP contribution in [0.3, 0.4) is 0 Å². The van der Waals surface area contributed by atoms with E-state index in [0.717, 1.165) is 23.8 Å². The molecule has 9 heteroatoms. The number of carbonyl (C=O) groups excluding carboxylic acids is 1. The second kappa shape index (κ2) is 7.68. The molecule has 0 saturated heterocycles. The highest BCUT2D eigenvalue weighted by Crippen LogP contribution is 2.30. The highest BCUT2D eigenvalue weighted by atomic mass is 16.6. The maximum atomic E-state index is 11.7. The Kier molecular flexibility index (Phi) is 5.40. The largest absolute Gasteiger partial charge is 0.477 e. The molecule has 0 aliphatic rings. The predicted octanol–water partition coefficient (Wildman–Crippen LogP) is 2.20. The van der Waals surface area contributed by atoms with E-state index in [2.05, 4.69) is 5.32 Å². The maximum absolute atomic E-state index is 11.7. The van der Waals surface area contributed by atoms with Gasteiger partial charge in [-0.15, -0.1) is 0 Å². The van der Waals surface area contributed by atoms with Crippen molar-refractivity contribution in [2.24, 2.45) is 0 Å². The molecule has 0 unspecified atom stereocenters. The van der Waals surface area contributed by atoms with E-state index in [1.807, 2.05) is 30.3 Å². The minimum Gasteiger partial charge on any atom is -0.477 e. The van der Waals surface area contributed by atoms with Crippen LogP contribution in [0, 0.1) is 20.2 Å². The number of amides is 1. The van der Waals surface area contributed by atoms with Gasteiger partial charge in [-0.3, -0.25) is 25.0 Å². The predicted molar refractivity (Wildman–Crippen MR) is 83.5 cm³/mol. The molecule has 0 aliphatic heterocycles. The van der Waals surface area contributed by atoms with Crippen molar-refractivity contribution in [1.29, 1.82) is 0 Å². The number of nitrogens with zero attached hydrogens (tertiary/aromatic N) is 2. The summed E-state index contributed by atoms with van der Waals surface area (Å²) < 4.78 is 5.11. The van der Waals surface area contributed by atoms with E-state index in [-0.39, 0.29) is 5.75 Å². The monoisotopic (exact) mass is 331 g/mol. The van der Waals surface area contributed by atoms with Crippen LogP contribution < -0.4 is 10.1 Å². The number of nitro benzene ring substituents is 2. The number of hydrogen-bond acceptors (Lipinski definition) is 6. The van der Waals surface area contributed by atoms with Gasteiger partial charge in [-0.1, -0.05) is 30.3 Å². The van der Waals surface area contributed by atoms with Gasteiger partial charge in [0.15, 0.2) is 12.4 Å². The Balaban J connectivity index is 1.97. The molecule has 0 saturated carbocycles. The van der Waals surface area contributed by atoms with Gasteiger partial charge < -0.3 is 10.1 Å². The second-order valence-electron chi connectivity index (χ2n) is 4.72. The zero-order chi connectivity index (χ0) is 17.5. The topological polar surface area (TPSA) is 125 Å². The van der Waals surface area contributed by atoms with Gasteiger partial charge in [-0.25, -0.2) is 0 Å². The first-order chi connectivity index (χ1) is 11.5. The number of non-ortho nitro benzene ring substituents is 1. The number of rotatable bonds is 7. The van der Waals surface area contributed by atoms with Crippen molar-refractivity contribution in [3.05, 3.63) is 74.3 Å². The lowest BCUT2D eigenvalue weighted by Gasteiger charge is -2.08. The third-order valence-corrected chi connectivity index (χ3v) is 3.04. The summed E-state index contributed by atoms with van der Waals surface area (Å²) in [6.07, 6.45) is 0. The van der Waals surface area contributed by atoms with Crippen LogP contribution in [0.5, 0.6) is 5.75 Å². The molecule has 0 aliphatic carbocycles. The van der Waals surface area contributed by atoms with Crippen molar-refractivity contribution < 1.29 is 19.4 Å². The van der Waals surface area contributed by atoms with Crippen LogP contribution >= 0.6 is 0 Å². The average molecular weight is 331 g/mol. The summed E-state index contributed by atoms with van der Waals surface area (Å²) in [5, 5.41) is 24.2. The molecule has 0 fully saturated rings. The maximum Gasteiger partial charge on any atom is 0.317 e. The number of ether oxygens (including phenoxy) is 1. The Morgan fingerprint density at radius 1 is 1.04 bits per heavy atom. The molecule has 2 rings (SSSR count). The summed E-state index contributed by atoms with van der Waals surface area (Å²) >= 11 is 0. The van der Waals surface area contributed by atoms with Crippen LogP contribution in [-0.4, -0.2) is 22.4 Å². The van der Waals surface area contributed by atoms with Crippen molar-refractivity contribution in [1.82, 2.24) is 5.32 Å². The number of nitrogens with one attached hydrogen (secondary N) is 1. The first-order valence-electron chi connectivity index (χ1n) is 6.83. The molecule has 24 heavy (non-hydrogen) atoms. The Bertz CT molecular complexity index is 763. The van der Waals surface area contributed by atoms with E-state index >= 15 is 0 Å². The van der Waals surface area contributed by atoms with Gasteiger partial charge in [0.05, 0.1) is 15.9 Å². The van der Waals surface area contributed by atoms with E-state index < -0.39 is 33.7 Å². The molecule has 0 radical (unpaired) electrons. The zero-order valence-electron chi connectivity index (χ0n) is 12.4. The Morgan fingerprint density at radius 3 is 2.38 bits per heavy atom. The third kappa shape index (κ3) is 4.50. The van der Waals surface area contributed by atoms with Crippen molar-refractivity contribution in [2.75, 3.05) is 6.61 Å². The van der Waals surface area contributed by atoms with Gasteiger partial charge in [0.25, 0.3) is 11.6 Å². The van der Waals surface area contributed by atoms with Gasteiger partial charge in [0.1, 0.15) is 0 Å². The molecule has 0 atom stereocenters. The molecule has 0 bridgehead atoms. The molecule has 1 amide bonds. The summed E-state index contributed by atoms with van der Waals surface area (Å²) in [6.45, 7) is -0.142. The standard InChI is InChI=1S/C15H13N3O6/c19-15(16-9-11-4-2-1-3-5-11)10-24-14-7-6-12(17(20)21)8-13(14)18(22)23/h1-8H,9-10H2,(H,16,19). The van der Waals surface area contributed by atoms with Gasteiger partial charge in [0, 0.05) is 12.6 Å². The van der Waals surface area contributed by atoms with E-state index in [1.54, 1.807) is 0 Å². The molecule has 2 aromatic carbocycles. The lowest BCUT2D eigenvalue weighted by molar-refractivity contribution is -0.394. The normalized spacial score (nSPS) is 10.0. The second-order valence-corrected chi connectivity index (χ2v) is 4.72. The molecule has 2 aromatic rings. The lowest BCUT2D eigenvalue weighted by Crippen LogP contribution is -2.28. The quantitative estimate of drug-likeness (QED) is 0.612. The van der Waals surface area contributed by atoms with Crippen molar-refractivity contribution in [2.45, 2.75) is 6.54 Å². The van der Waals surface area contributed by atoms with Crippen LogP contribution in [0.25, 0.3) is 0 Å². The first-order valence-corrected chi connectivity index (χ1v) is 6.83. The van der Waals surface area contributed by atoms with Crippen LogP contribution in [-0.2, 0) is 11.3 Å². The minimum atomic E-state index is -0.801. The Labute approximate surface area is 136 Å². The molecular weight excluding hydrogens is 318 g/mol. The summed E-state index contributed by atoms with van der Waals surface area (Å²) in [5.74, 6) is -0.674. The fourth-order valence-electron chi connectivity index (χ4n) is 1.87. The minimum absolute atomic E-state index is 0.208. The fraction of sp³-hybridized carbons (Fsp3) is 0.133. The Morgan fingerprint density at radius 2 is 1.75 bits per heavy atom. The lowest BCUT2D eigenvalue weighted by atomic mass is 10.2. The van der Waals surface area contributed by atoms with Crippen LogP contribution in [0.1, 0.15) is 5.56 Å². The number of hydrogen-bond donors (Lipinski definition) is 1. The highest BCUT2D eigenvalue weighted by Gasteiger charge is 2.21. The number of carbonyl (C=O) groups is 1. The number of nitro groups is 2. The molecule has 0 spiro atoms. The Hall–Kier alpha value is -3.49. The SMILES string of the molecule is O=C(COc1ccc([N+](=O)[O-])cc1[N+](=O)[O-])NCc1ccccc1. The highest BCUT2D eigenvalue weighted by molar-refractivity contribution is 5.77. The van der Waals surface area contributed by atoms with E-state index in [4.69, 9.17) is 4.74 Å². The summed E-state index contributed by atoms with van der Waals surface area (Å²) in [5.41, 5.74) is -0.102. The van der Waals surface area contributed by atoms with E-state index in [0.29, 0.717) is 6.54 Å². The average Bonchev–Trinajstić information content (AvgIpc) is 2.58. The van der Waals surface area contributed by atoms with Gasteiger partial charge >= 0.3 is 5.69 Å². The van der Waals surface area contributed by atoms with Crippen molar-refractivity contribution in [3.63, 3.8) is 0 Å². The molecule has 0 heterocycles. The van der Waals surface area contributed by atoms with Crippen molar-refractivity contribution >= 4 is 17.3 Å². The summed E-state index contributed by atoms with van der Waals surface area (Å²) in [7, 11) is 0. The van der Waals surface area contributed by atoms with Crippen LogP contribution in [0.2, 0.25) is 0 Å². The van der Waals surface area contributed by atoms with Gasteiger partial charge in [0.2, 0.25) is 0 Å². The number of benzene rings is 2. The van der Waals surface area contributed by atoms with Gasteiger partial charge in [-0.2, -0.15) is 0 Å². The van der Waals surface area contributed by atoms with Gasteiger partial charge in [-0.05, 0) is 11.6 Å². The summed E-state index contributed by atoms with van der Waals surface area (Å²) in [6, 6.07) is 12.1. The van der Waals surface area contributed by atoms with E-state index in [1.165, 1.54) is 0 Å². The van der Waals surface area contributed by atoms with Crippen LogP contribution in [0.15, 0.2) is 48.5 Å². The molecule has 1 N–H and O–H groups in total. The molecule has 9 nitrogen and oxygen atoms in total. The zero-order valence-corrected chi connectivity index (χ0v) is 12.4. The first kappa shape index (κ1) is 16.9. The van der Waals surface area contributed by atoms with E-state index in [9.17, 15) is 25.0 Å². The molecule has 124 valence electrons. The fourth-order valence-corrected chi connectivity index (χ4v) is 1.87. The smallest absolute Gasteiger partial charge is 0.317 e. The van der Waals surface area contributed by atoms with Crippen molar-refractivity contribution in [3.8, 4) is 5.75 Å². The molecular formula is C15H13N3O6. The van der Waals surface area contributed by atoms with Crippen LogP contribution in [0.4, 0.5) is 11.4 Å². The molecule has 0 aromatic heterocycles.